The molecule has 0 fully saturated rings. The van der Waals surface area contributed by atoms with Crippen LogP contribution in [0.4, 0.5) is 0 Å². The molecule has 0 saturated heterocycles. The van der Waals surface area contributed by atoms with Crippen molar-refractivity contribution in [3.8, 4) is 0 Å². The SMILES string of the molecule is Cc1ccc(C[C@@H](CNC(=O)c2ccoc2)n2c(=N)n(Cc3ccc(C)cc3)c3ccccc32)cc1. The monoisotopic (exact) mass is 478 g/mol. The summed E-state index contributed by atoms with van der Waals surface area (Å²) in [6, 6.07) is 26.5. The number of hydrogen-bond donors (Lipinski definition) is 2. The Labute approximate surface area is 210 Å². The average Bonchev–Trinajstić information content (AvgIpc) is 3.52. The lowest BCUT2D eigenvalue weighted by Gasteiger charge is -2.21. The summed E-state index contributed by atoms with van der Waals surface area (Å²) >= 11 is 0. The van der Waals surface area contributed by atoms with Crippen molar-refractivity contribution in [2.75, 3.05) is 6.54 Å². The Morgan fingerprint density at radius 3 is 2.17 bits per heavy atom. The van der Waals surface area contributed by atoms with Crippen LogP contribution >= 0.6 is 0 Å². The number of amides is 1. The molecular weight excluding hydrogens is 448 g/mol. The molecule has 2 N–H and O–H groups in total. The van der Waals surface area contributed by atoms with Gasteiger partial charge in [0.2, 0.25) is 5.62 Å². The first-order valence-electron chi connectivity index (χ1n) is 12.2. The highest BCUT2D eigenvalue weighted by molar-refractivity contribution is 5.93. The zero-order valence-electron chi connectivity index (χ0n) is 20.6. The van der Waals surface area contributed by atoms with Gasteiger partial charge in [0.15, 0.2) is 0 Å². The lowest BCUT2D eigenvalue weighted by Crippen LogP contribution is -2.36. The van der Waals surface area contributed by atoms with Gasteiger partial charge in [-0.3, -0.25) is 10.2 Å². The van der Waals surface area contributed by atoms with Gasteiger partial charge in [-0.25, -0.2) is 0 Å². The Bertz CT molecular complexity index is 1530. The van der Waals surface area contributed by atoms with Crippen LogP contribution in [-0.4, -0.2) is 21.6 Å². The molecule has 182 valence electrons. The number of aryl methyl sites for hydroxylation is 2. The molecule has 5 rings (SSSR count). The molecule has 1 atom stereocenters. The molecule has 0 aliphatic carbocycles. The van der Waals surface area contributed by atoms with Gasteiger partial charge in [0.05, 0.1) is 35.4 Å². The number of nitrogens with zero attached hydrogens (tertiary/aromatic N) is 2. The standard InChI is InChI=1S/C30H30N4O2/c1-21-7-11-23(12-8-21)17-26(18-32-29(35)25-15-16-36-20-25)34-28-6-4-3-5-27(28)33(30(34)31)19-24-13-9-22(2)10-14-24/h3-16,20,26,31H,17-19H2,1-2H3,(H,32,35)/t26-/m0/s1. The Kier molecular flexibility index (Phi) is 6.58. The number of benzene rings is 3. The van der Waals surface area contributed by atoms with Crippen LogP contribution < -0.4 is 10.9 Å². The molecule has 0 radical (unpaired) electrons. The van der Waals surface area contributed by atoms with Gasteiger partial charge in [0.25, 0.3) is 5.91 Å². The number of fused-ring (bicyclic) bond motifs is 1. The number of imidazole rings is 1. The minimum atomic E-state index is -0.187. The van der Waals surface area contributed by atoms with E-state index < -0.39 is 0 Å². The Morgan fingerprint density at radius 1 is 0.889 bits per heavy atom. The number of rotatable bonds is 8. The van der Waals surface area contributed by atoms with Gasteiger partial charge >= 0.3 is 0 Å². The van der Waals surface area contributed by atoms with Crippen LogP contribution in [0.2, 0.25) is 0 Å². The lowest BCUT2D eigenvalue weighted by atomic mass is 10.0. The lowest BCUT2D eigenvalue weighted by molar-refractivity contribution is 0.0946. The molecule has 0 saturated carbocycles. The minimum Gasteiger partial charge on any atom is -0.472 e. The van der Waals surface area contributed by atoms with Crippen molar-refractivity contribution in [1.29, 1.82) is 5.41 Å². The maximum Gasteiger partial charge on any atom is 0.254 e. The zero-order chi connectivity index (χ0) is 25.1. The summed E-state index contributed by atoms with van der Waals surface area (Å²) in [7, 11) is 0. The van der Waals surface area contributed by atoms with Crippen molar-refractivity contribution in [3.63, 3.8) is 0 Å². The van der Waals surface area contributed by atoms with Gasteiger partial charge < -0.3 is 18.9 Å². The molecule has 2 aromatic heterocycles. The number of furan rings is 1. The number of nitrogens with one attached hydrogen (secondary N) is 2. The van der Waals surface area contributed by atoms with E-state index in [4.69, 9.17) is 4.42 Å². The van der Waals surface area contributed by atoms with Gasteiger partial charge in [-0.2, -0.15) is 0 Å². The van der Waals surface area contributed by atoms with E-state index in [0.29, 0.717) is 30.7 Å². The summed E-state index contributed by atoms with van der Waals surface area (Å²) in [6.45, 7) is 5.13. The second-order valence-electron chi connectivity index (χ2n) is 9.32. The van der Waals surface area contributed by atoms with Crippen LogP contribution in [0.15, 0.2) is 95.8 Å². The van der Waals surface area contributed by atoms with E-state index in [-0.39, 0.29) is 11.9 Å². The second-order valence-corrected chi connectivity index (χ2v) is 9.32. The number of carbonyl (C=O) groups excluding carboxylic acids is 1. The van der Waals surface area contributed by atoms with E-state index in [1.54, 1.807) is 6.07 Å². The van der Waals surface area contributed by atoms with E-state index in [2.05, 4.69) is 84.4 Å². The predicted molar refractivity (Wildman–Crippen MR) is 141 cm³/mol. The smallest absolute Gasteiger partial charge is 0.254 e. The van der Waals surface area contributed by atoms with Gasteiger partial charge in [-0.15, -0.1) is 0 Å². The molecule has 5 aromatic rings. The highest BCUT2D eigenvalue weighted by Gasteiger charge is 2.21. The van der Waals surface area contributed by atoms with Crippen LogP contribution in [0.1, 0.15) is 38.7 Å². The van der Waals surface area contributed by atoms with Gasteiger partial charge in [-0.05, 0) is 49.6 Å². The third-order valence-corrected chi connectivity index (χ3v) is 6.62. The number of para-hydroxylation sites is 2. The van der Waals surface area contributed by atoms with E-state index in [0.717, 1.165) is 22.2 Å². The normalized spacial score (nSPS) is 12.1. The molecule has 3 aromatic carbocycles. The van der Waals surface area contributed by atoms with Gasteiger partial charge in [-0.1, -0.05) is 71.8 Å². The molecule has 1 amide bonds. The van der Waals surface area contributed by atoms with Gasteiger partial charge in [0.1, 0.15) is 6.26 Å². The van der Waals surface area contributed by atoms with Crippen molar-refractivity contribution in [1.82, 2.24) is 14.5 Å². The fourth-order valence-corrected chi connectivity index (χ4v) is 4.62. The fourth-order valence-electron chi connectivity index (χ4n) is 4.62. The third kappa shape index (κ3) is 4.89. The van der Waals surface area contributed by atoms with Crippen molar-refractivity contribution < 1.29 is 9.21 Å². The van der Waals surface area contributed by atoms with Crippen LogP contribution in [0, 0.1) is 19.3 Å². The van der Waals surface area contributed by atoms with Crippen LogP contribution in [0.5, 0.6) is 0 Å². The summed E-state index contributed by atoms with van der Waals surface area (Å²) < 4.78 is 9.17. The van der Waals surface area contributed by atoms with Crippen molar-refractivity contribution in [2.45, 2.75) is 32.9 Å². The Balaban J connectivity index is 1.54. The first-order valence-corrected chi connectivity index (χ1v) is 12.2. The topological polar surface area (TPSA) is 76.0 Å². The van der Waals surface area contributed by atoms with Crippen LogP contribution in [0.25, 0.3) is 11.0 Å². The molecule has 0 bridgehead atoms. The van der Waals surface area contributed by atoms with Crippen molar-refractivity contribution in [3.05, 3.63) is 125 Å². The second kappa shape index (κ2) is 10.1. The van der Waals surface area contributed by atoms with E-state index >= 15 is 0 Å². The average molecular weight is 479 g/mol. The summed E-state index contributed by atoms with van der Waals surface area (Å²) in [4.78, 5) is 12.7. The highest BCUT2D eigenvalue weighted by Crippen LogP contribution is 2.22. The largest absolute Gasteiger partial charge is 0.472 e. The maximum atomic E-state index is 12.7. The molecule has 0 unspecified atom stereocenters. The molecule has 2 heterocycles. The minimum absolute atomic E-state index is 0.153. The van der Waals surface area contributed by atoms with Crippen molar-refractivity contribution in [2.24, 2.45) is 0 Å². The Hall–Kier alpha value is -4.32. The molecule has 6 heteroatoms. The fraction of sp³-hybridized carbons (Fsp3) is 0.200. The molecule has 36 heavy (non-hydrogen) atoms. The van der Waals surface area contributed by atoms with E-state index in [1.807, 2.05) is 16.7 Å². The van der Waals surface area contributed by atoms with Crippen LogP contribution in [-0.2, 0) is 13.0 Å². The first-order chi connectivity index (χ1) is 17.5. The van der Waals surface area contributed by atoms with E-state index in [1.165, 1.54) is 23.7 Å². The molecular formula is C30H30N4O2. The molecule has 0 spiro atoms. The number of aromatic nitrogens is 2. The summed E-state index contributed by atoms with van der Waals surface area (Å²) in [5, 5.41) is 12.3. The summed E-state index contributed by atoms with van der Waals surface area (Å²) in [5.74, 6) is -0.187. The quantitative estimate of drug-likeness (QED) is 0.314. The zero-order valence-corrected chi connectivity index (χ0v) is 20.6. The third-order valence-electron chi connectivity index (χ3n) is 6.62. The molecule has 6 nitrogen and oxygen atoms in total. The summed E-state index contributed by atoms with van der Waals surface area (Å²) in [5.41, 5.74) is 7.59. The van der Waals surface area contributed by atoms with Gasteiger partial charge in [0, 0.05) is 6.54 Å². The predicted octanol–water partition coefficient (Wildman–Crippen LogP) is 5.39. The maximum absolute atomic E-state index is 12.7. The van der Waals surface area contributed by atoms with E-state index in [9.17, 15) is 10.2 Å². The number of hydrogen-bond acceptors (Lipinski definition) is 3. The van der Waals surface area contributed by atoms with Crippen LogP contribution in [0.3, 0.4) is 0 Å². The first kappa shape index (κ1) is 23.4. The molecule has 0 aliphatic heterocycles. The Morgan fingerprint density at radius 2 is 1.53 bits per heavy atom. The van der Waals surface area contributed by atoms with Crippen molar-refractivity contribution >= 4 is 16.9 Å². The molecule has 0 aliphatic rings. The highest BCUT2D eigenvalue weighted by atomic mass is 16.3. The number of carbonyl (C=O) groups is 1. The summed E-state index contributed by atoms with van der Waals surface area (Å²) in [6.07, 6.45) is 3.62.